The summed E-state index contributed by atoms with van der Waals surface area (Å²) >= 11 is 0. The molecule has 1 aliphatic rings. The van der Waals surface area contributed by atoms with Crippen molar-refractivity contribution in [2.24, 2.45) is 5.92 Å². The Balaban J connectivity index is 1.85. The predicted molar refractivity (Wildman–Crippen MR) is 74.8 cm³/mol. The van der Waals surface area contributed by atoms with Gasteiger partial charge in [0, 0.05) is 20.2 Å². The average Bonchev–Trinajstić information content (AvgIpc) is 2.44. The zero-order chi connectivity index (χ0) is 13.7. The number of methoxy groups -OCH3 is 1. The van der Waals surface area contributed by atoms with Crippen LogP contribution in [0.15, 0.2) is 24.3 Å². The van der Waals surface area contributed by atoms with Gasteiger partial charge in [0.25, 0.3) is 0 Å². The minimum atomic E-state index is -0.121. The SMILES string of the molecule is COCC(C)CNC(=O)[C@H]1Cc2ccccc2CN1. The average molecular weight is 262 g/mol. The summed E-state index contributed by atoms with van der Waals surface area (Å²) in [5, 5.41) is 6.27. The van der Waals surface area contributed by atoms with Gasteiger partial charge < -0.3 is 15.4 Å². The first-order valence-electron chi connectivity index (χ1n) is 6.77. The molecule has 2 N–H and O–H groups in total. The van der Waals surface area contributed by atoms with Crippen LogP contribution in [0.3, 0.4) is 0 Å². The van der Waals surface area contributed by atoms with Crippen molar-refractivity contribution in [2.45, 2.75) is 25.9 Å². The molecule has 0 saturated heterocycles. The molecule has 0 saturated carbocycles. The molecule has 4 heteroatoms. The highest BCUT2D eigenvalue weighted by Gasteiger charge is 2.23. The summed E-state index contributed by atoms with van der Waals surface area (Å²) in [6.45, 7) is 4.16. The molecule has 1 heterocycles. The fraction of sp³-hybridized carbons (Fsp3) is 0.533. The Kier molecular flexibility index (Phi) is 4.93. The second kappa shape index (κ2) is 6.68. The summed E-state index contributed by atoms with van der Waals surface area (Å²) in [6, 6.07) is 8.15. The maximum atomic E-state index is 12.1. The number of nitrogens with one attached hydrogen (secondary N) is 2. The van der Waals surface area contributed by atoms with Crippen LogP contribution in [0.2, 0.25) is 0 Å². The summed E-state index contributed by atoms with van der Waals surface area (Å²) in [4.78, 5) is 12.1. The van der Waals surface area contributed by atoms with Crippen molar-refractivity contribution in [1.29, 1.82) is 0 Å². The normalized spacial score (nSPS) is 19.6. The quantitative estimate of drug-likeness (QED) is 0.835. The molecule has 1 aliphatic heterocycles. The lowest BCUT2D eigenvalue weighted by Gasteiger charge is -2.25. The lowest BCUT2D eigenvalue weighted by Crippen LogP contribution is -2.48. The van der Waals surface area contributed by atoms with Crippen LogP contribution >= 0.6 is 0 Å². The molecule has 1 amide bonds. The summed E-state index contributed by atoms with van der Waals surface area (Å²) in [5.74, 6) is 0.419. The van der Waals surface area contributed by atoms with Gasteiger partial charge >= 0.3 is 0 Å². The van der Waals surface area contributed by atoms with E-state index in [0.29, 0.717) is 19.1 Å². The highest BCUT2D eigenvalue weighted by molar-refractivity contribution is 5.82. The fourth-order valence-electron chi connectivity index (χ4n) is 2.38. The molecular weight excluding hydrogens is 240 g/mol. The van der Waals surface area contributed by atoms with Gasteiger partial charge in [0.05, 0.1) is 12.6 Å². The molecule has 4 nitrogen and oxygen atoms in total. The van der Waals surface area contributed by atoms with Gasteiger partial charge in [-0.1, -0.05) is 31.2 Å². The molecule has 1 aromatic carbocycles. The molecule has 2 atom stereocenters. The summed E-state index contributed by atoms with van der Waals surface area (Å²) in [5.41, 5.74) is 2.56. The van der Waals surface area contributed by atoms with Crippen molar-refractivity contribution in [3.8, 4) is 0 Å². The predicted octanol–water partition coefficient (Wildman–Crippen LogP) is 1.10. The number of benzene rings is 1. The molecular formula is C15H22N2O2. The maximum Gasteiger partial charge on any atom is 0.237 e. The van der Waals surface area contributed by atoms with Crippen LogP contribution in [0, 0.1) is 5.92 Å². The first-order chi connectivity index (χ1) is 9.20. The minimum Gasteiger partial charge on any atom is -0.384 e. The number of hydrogen-bond acceptors (Lipinski definition) is 3. The van der Waals surface area contributed by atoms with E-state index in [-0.39, 0.29) is 11.9 Å². The third-order valence-corrected chi connectivity index (χ3v) is 3.47. The van der Waals surface area contributed by atoms with Crippen LogP contribution in [-0.2, 0) is 22.5 Å². The molecule has 0 spiro atoms. The van der Waals surface area contributed by atoms with Crippen molar-refractivity contribution < 1.29 is 9.53 Å². The Morgan fingerprint density at radius 3 is 2.95 bits per heavy atom. The third kappa shape index (κ3) is 3.78. The van der Waals surface area contributed by atoms with Gasteiger partial charge in [-0.05, 0) is 23.5 Å². The van der Waals surface area contributed by atoms with Crippen molar-refractivity contribution >= 4 is 5.91 Å². The van der Waals surface area contributed by atoms with Gasteiger partial charge in [0.15, 0.2) is 0 Å². The molecule has 2 rings (SSSR count). The second-order valence-electron chi connectivity index (χ2n) is 5.21. The Labute approximate surface area is 114 Å². The number of carbonyl (C=O) groups excluding carboxylic acids is 1. The minimum absolute atomic E-state index is 0.0810. The zero-order valence-electron chi connectivity index (χ0n) is 11.6. The maximum absolute atomic E-state index is 12.1. The van der Waals surface area contributed by atoms with Crippen molar-refractivity contribution in [3.63, 3.8) is 0 Å². The van der Waals surface area contributed by atoms with E-state index in [1.807, 2.05) is 12.1 Å². The van der Waals surface area contributed by atoms with E-state index in [0.717, 1.165) is 13.0 Å². The summed E-state index contributed by atoms with van der Waals surface area (Å²) < 4.78 is 5.06. The number of rotatable bonds is 5. The first-order valence-corrected chi connectivity index (χ1v) is 6.77. The van der Waals surface area contributed by atoms with Gasteiger partial charge in [0.1, 0.15) is 0 Å². The number of ether oxygens (including phenoxy) is 1. The van der Waals surface area contributed by atoms with Gasteiger partial charge in [-0.25, -0.2) is 0 Å². The van der Waals surface area contributed by atoms with E-state index in [1.54, 1.807) is 7.11 Å². The molecule has 0 bridgehead atoms. The van der Waals surface area contributed by atoms with Crippen LogP contribution in [0.25, 0.3) is 0 Å². The molecule has 0 fully saturated rings. The van der Waals surface area contributed by atoms with Gasteiger partial charge in [-0.15, -0.1) is 0 Å². The molecule has 0 aromatic heterocycles. The number of carbonyl (C=O) groups is 1. The summed E-state index contributed by atoms with van der Waals surface area (Å²) in [7, 11) is 1.68. The van der Waals surface area contributed by atoms with Crippen molar-refractivity contribution in [3.05, 3.63) is 35.4 Å². The van der Waals surface area contributed by atoms with Crippen LogP contribution in [0.1, 0.15) is 18.1 Å². The van der Waals surface area contributed by atoms with E-state index in [1.165, 1.54) is 11.1 Å². The van der Waals surface area contributed by atoms with E-state index in [4.69, 9.17) is 4.74 Å². The van der Waals surface area contributed by atoms with Crippen molar-refractivity contribution in [2.75, 3.05) is 20.3 Å². The lowest BCUT2D eigenvalue weighted by molar-refractivity contribution is -0.123. The first kappa shape index (κ1) is 14.0. The molecule has 104 valence electrons. The van der Waals surface area contributed by atoms with E-state index >= 15 is 0 Å². The Hall–Kier alpha value is -1.39. The standard InChI is InChI=1S/C15H22N2O2/c1-11(10-19-2)8-17-15(18)14-7-12-5-3-4-6-13(12)9-16-14/h3-6,11,14,16H,7-10H2,1-2H3,(H,17,18)/t11?,14-/m1/s1. The monoisotopic (exact) mass is 262 g/mol. The van der Waals surface area contributed by atoms with E-state index in [9.17, 15) is 4.79 Å². The van der Waals surface area contributed by atoms with Crippen molar-refractivity contribution in [1.82, 2.24) is 10.6 Å². The molecule has 0 aliphatic carbocycles. The Morgan fingerprint density at radius 1 is 1.47 bits per heavy atom. The molecule has 1 unspecified atom stereocenters. The smallest absolute Gasteiger partial charge is 0.237 e. The number of hydrogen-bond donors (Lipinski definition) is 2. The highest BCUT2D eigenvalue weighted by atomic mass is 16.5. The van der Waals surface area contributed by atoms with Crippen LogP contribution < -0.4 is 10.6 Å². The third-order valence-electron chi connectivity index (χ3n) is 3.47. The van der Waals surface area contributed by atoms with Gasteiger partial charge in [-0.3, -0.25) is 4.79 Å². The number of amides is 1. The zero-order valence-corrected chi connectivity index (χ0v) is 11.6. The Morgan fingerprint density at radius 2 is 2.21 bits per heavy atom. The number of fused-ring (bicyclic) bond motifs is 1. The second-order valence-corrected chi connectivity index (χ2v) is 5.21. The van der Waals surface area contributed by atoms with E-state index < -0.39 is 0 Å². The fourth-order valence-corrected chi connectivity index (χ4v) is 2.38. The topological polar surface area (TPSA) is 50.4 Å². The largest absolute Gasteiger partial charge is 0.384 e. The lowest BCUT2D eigenvalue weighted by atomic mass is 9.95. The van der Waals surface area contributed by atoms with Gasteiger partial charge in [-0.2, -0.15) is 0 Å². The van der Waals surface area contributed by atoms with Crippen LogP contribution in [0.4, 0.5) is 0 Å². The van der Waals surface area contributed by atoms with Crippen LogP contribution in [-0.4, -0.2) is 32.2 Å². The Bertz CT molecular complexity index is 434. The van der Waals surface area contributed by atoms with Gasteiger partial charge in [0.2, 0.25) is 5.91 Å². The molecule has 1 aromatic rings. The molecule has 0 radical (unpaired) electrons. The summed E-state index contributed by atoms with van der Waals surface area (Å²) in [6.07, 6.45) is 0.765. The van der Waals surface area contributed by atoms with Crippen LogP contribution in [0.5, 0.6) is 0 Å². The van der Waals surface area contributed by atoms with E-state index in [2.05, 4.69) is 29.7 Å². The highest BCUT2D eigenvalue weighted by Crippen LogP contribution is 2.16. The molecule has 19 heavy (non-hydrogen) atoms.